The Kier molecular flexibility index (Phi) is 2.76. The second-order valence-corrected chi connectivity index (χ2v) is 3.36. The molecule has 0 fully saturated rings. The van der Waals surface area contributed by atoms with Crippen LogP contribution in [0.1, 0.15) is 12.5 Å². The number of imidazole rings is 1. The topological polar surface area (TPSA) is 75.2 Å². The molecule has 0 aliphatic carbocycles. The van der Waals surface area contributed by atoms with E-state index in [-0.39, 0.29) is 6.42 Å². The lowest BCUT2D eigenvalue weighted by Gasteiger charge is -1.96. The first-order valence-corrected chi connectivity index (χ1v) is 5.03. The molecule has 1 aromatic carbocycles. The van der Waals surface area contributed by atoms with Gasteiger partial charge in [-0.3, -0.25) is 4.79 Å². The fourth-order valence-electron chi connectivity index (χ4n) is 1.58. The Morgan fingerprint density at radius 3 is 3.06 bits per heavy atom. The molecule has 5 heteroatoms. The van der Waals surface area contributed by atoms with E-state index in [1.54, 1.807) is 12.1 Å². The summed E-state index contributed by atoms with van der Waals surface area (Å²) in [4.78, 5) is 17.9. The summed E-state index contributed by atoms with van der Waals surface area (Å²) >= 11 is 0. The number of nitrogens with zero attached hydrogens (tertiary/aromatic N) is 1. The summed E-state index contributed by atoms with van der Waals surface area (Å²) in [7, 11) is 0. The van der Waals surface area contributed by atoms with Gasteiger partial charge in [0.05, 0.1) is 24.1 Å². The highest BCUT2D eigenvalue weighted by atomic mass is 16.5. The van der Waals surface area contributed by atoms with Gasteiger partial charge in [-0.1, -0.05) is 12.1 Å². The number of aromatic amines is 1. The van der Waals surface area contributed by atoms with Crippen LogP contribution in [0.2, 0.25) is 0 Å². The molecule has 0 saturated heterocycles. The first-order chi connectivity index (χ1) is 7.70. The number of nitrogens with one attached hydrogen (secondary N) is 1. The van der Waals surface area contributed by atoms with Gasteiger partial charge in [-0.15, -0.1) is 0 Å². The monoisotopic (exact) mass is 220 g/mol. The number of benzene rings is 1. The highest BCUT2D eigenvalue weighted by Gasteiger charge is 2.10. The van der Waals surface area contributed by atoms with Gasteiger partial charge in [-0.2, -0.15) is 4.98 Å². The highest BCUT2D eigenvalue weighted by molar-refractivity contribution is 5.83. The largest absolute Gasteiger partial charge is 0.481 e. The summed E-state index contributed by atoms with van der Waals surface area (Å²) in [5.74, 6) is -0.867. The van der Waals surface area contributed by atoms with Crippen LogP contribution in [0.5, 0.6) is 6.01 Å². The van der Waals surface area contributed by atoms with E-state index in [0.717, 1.165) is 5.52 Å². The summed E-state index contributed by atoms with van der Waals surface area (Å²) < 4.78 is 5.24. The minimum absolute atomic E-state index is 0.0340. The van der Waals surface area contributed by atoms with Crippen molar-refractivity contribution in [2.24, 2.45) is 0 Å². The molecule has 16 heavy (non-hydrogen) atoms. The van der Waals surface area contributed by atoms with E-state index < -0.39 is 5.97 Å². The zero-order valence-corrected chi connectivity index (χ0v) is 8.86. The van der Waals surface area contributed by atoms with E-state index >= 15 is 0 Å². The lowest BCUT2D eigenvalue weighted by Crippen LogP contribution is -2.00. The maximum absolute atomic E-state index is 10.7. The van der Waals surface area contributed by atoms with E-state index in [9.17, 15) is 4.79 Å². The molecular formula is C11H12N2O3. The molecule has 0 aliphatic rings. The molecule has 0 radical (unpaired) electrons. The van der Waals surface area contributed by atoms with Gasteiger partial charge in [0.25, 0.3) is 6.01 Å². The number of para-hydroxylation sites is 1. The lowest BCUT2D eigenvalue weighted by molar-refractivity contribution is -0.136. The summed E-state index contributed by atoms with van der Waals surface area (Å²) in [6.07, 6.45) is -0.0340. The molecule has 2 aromatic rings. The van der Waals surface area contributed by atoms with Crippen LogP contribution in [0.4, 0.5) is 0 Å². The van der Waals surface area contributed by atoms with Gasteiger partial charge in [0.1, 0.15) is 0 Å². The molecule has 0 unspecified atom stereocenters. The number of carbonyl (C=O) groups is 1. The number of carboxylic acids is 1. The van der Waals surface area contributed by atoms with E-state index in [0.29, 0.717) is 23.7 Å². The smallest absolute Gasteiger partial charge is 0.307 e. The van der Waals surface area contributed by atoms with Crippen molar-refractivity contribution in [3.63, 3.8) is 0 Å². The third-order valence-electron chi connectivity index (χ3n) is 2.20. The van der Waals surface area contributed by atoms with Crippen LogP contribution in [-0.2, 0) is 11.2 Å². The molecule has 1 heterocycles. The minimum atomic E-state index is -0.867. The maximum Gasteiger partial charge on any atom is 0.307 e. The number of fused-ring (bicyclic) bond motifs is 1. The van der Waals surface area contributed by atoms with Crippen LogP contribution in [0.3, 0.4) is 0 Å². The fraction of sp³-hybridized carbons (Fsp3) is 0.273. The molecule has 0 atom stereocenters. The third-order valence-corrected chi connectivity index (χ3v) is 2.20. The summed E-state index contributed by atoms with van der Waals surface area (Å²) in [6.45, 7) is 2.39. The van der Waals surface area contributed by atoms with Crippen LogP contribution in [0.25, 0.3) is 11.0 Å². The van der Waals surface area contributed by atoms with Gasteiger partial charge in [-0.05, 0) is 18.6 Å². The Morgan fingerprint density at radius 1 is 1.56 bits per heavy atom. The molecule has 2 rings (SSSR count). The van der Waals surface area contributed by atoms with E-state index in [2.05, 4.69) is 9.97 Å². The van der Waals surface area contributed by atoms with Crippen molar-refractivity contribution < 1.29 is 14.6 Å². The van der Waals surface area contributed by atoms with Crippen molar-refractivity contribution in [2.45, 2.75) is 13.3 Å². The molecule has 5 nitrogen and oxygen atoms in total. The van der Waals surface area contributed by atoms with Crippen LogP contribution in [-0.4, -0.2) is 27.7 Å². The van der Waals surface area contributed by atoms with E-state index in [1.165, 1.54) is 0 Å². The third kappa shape index (κ3) is 1.98. The Morgan fingerprint density at radius 2 is 2.38 bits per heavy atom. The average molecular weight is 220 g/mol. The van der Waals surface area contributed by atoms with E-state index in [4.69, 9.17) is 9.84 Å². The van der Waals surface area contributed by atoms with Gasteiger partial charge in [-0.25, -0.2) is 0 Å². The molecule has 2 N–H and O–H groups in total. The Bertz CT molecular complexity index is 519. The molecule has 0 aliphatic heterocycles. The number of ether oxygens (including phenoxy) is 1. The molecule has 0 bridgehead atoms. The minimum Gasteiger partial charge on any atom is -0.481 e. The number of rotatable bonds is 4. The standard InChI is InChI=1S/C11H12N2O3/c1-2-16-11-12-8-5-3-4-7(6-9(14)15)10(8)13-11/h3-5H,2,6H2,1H3,(H,12,13)(H,14,15). The number of hydrogen-bond donors (Lipinski definition) is 2. The molecule has 84 valence electrons. The van der Waals surface area contributed by atoms with Crippen molar-refractivity contribution in [1.82, 2.24) is 9.97 Å². The second-order valence-electron chi connectivity index (χ2n) is 3.36. The zero-order chi connectivity index (χ0) is 11.5. The SMILES string of the molecule is CCOc1nc2c(CC(=O)O)cccc2[nH]1. The Balaban J connectivity index is 2.45. The first-order valence-electron chi connectivity index (χ1n) is 5.03. The summed E-state index contributed by atoms with van der Waals surface area (Å²) in [5, 5.41) is 8.77. The number of aromatic nitrogens is 2. The second kappa shape index (κ2) is 4.22. The molecule has 0 saturated carbocycles. The van der Waals surface area contributed by atoms with Crippen molar-refractivity contribution >= 4 is 17.0 Å². The van der Waals surface area contributed by atoms with E-state index in [1.807, 2.05) is 13.0 Å². The Hall–Kier alpha value is -2.04. The molecule has 0 amide bonds. The molecular weight excluding hydrogens is 208 g/mol. The van der Waals surface area contributed by atoms with Gasteiger partial charge in [0.15, 0.2) is 0 Å². The summed E-state index contributed by atoms with van der Waals surface area (Å²) in [5.41, 5.74) is 2.14. The van der Waals surface area contributed by atoms with Gasteiger partial charge in [0.2, 0.25) is 0 Å². The number of carboxylic acid groups (broad SMARTS) is 1. The zero-order valence-electron chi connectivity index (χ0n) is 8.86. The van der Waals surface area contributed by atoms with Gasteiger partial charge < -0.3 is 14.8 Å². The van der Waals surface area contributed by atoms with Crippen LogP contribution in [0, 0.1) is 0 Å². The fourth-order valence-corrected chi connectivity index (χ4v) is 1.58. The first kappa shape index (κ1) is 10.5. The van der Waals surface area contributed by atoms with Gasteiger partial charge >= 0.3 is 5.97 Å². The van der Waals surface area contributed by atoms with Crippen LogP contribution < -0.4 is 4.74 Å². The van der Waals surface area contributed by atoms with Gasteiger partial charge in [0, 0.05) is 0 Å². The normalized spacial score (nSPS) is 10.6. The number of H-pyrrole nitrogens is 1. The van der Waals surface area contributed by atoms with Crippen molar-refractivity contribution in [2.75, 3.05) is 6.61 Å². The van der Waals surface area contributed by atoms with Crippen molar-refractivity contribution in [3.8, 4) is 6.01 Å². The van der Waals surface area contributed by atoms with Crippen molar-refractivity contribution in [3.05, 3.63) is 23.8 Å². The number of hydrogen-bond acceptors (Lipinski definition) is 3. The summed E-state index contributed by atoms with van der Waals surface area (Å²) in [6, 6.07) is 5.83. The average Bonchev–Trinajstić information content (AvgIpc) is 2.61. The van der Waals surface area contributed by atoms with Crippen LogP contribution in [0.15, 0.2) is 18.2 Å². The van der Waals surface area contributed by atoms with Crippen molar-refractivity contribution in [1.29, 1.82) is 0 Å². The Labute approximate surface area is 92.1 Å². The predicted molar refractivity (Wildman–Crippen MR) is 58.6 cm³/mol. The molecule has 1 aromatic heterocycles. The maximum atomic E-state index is 10.7. The lowest BCUT2D eigenvalue weighted by atomic mass is 10.1. The van der Waals surface area contributed by atoms with Crippen LogP contribution >= 0.6 is 0 Å². The predicted octanol–water partition coefficient (Wildman–Crippen LogP) is 1.59. The molecule has 0 spiro atoms. The number of aliphatic carboxylic acids is 1. The quantitative estimate of drug-likeness (QED) is 0.820. The highest BCUT2D eigenvalue weighted by Crippen LogP contribution is 2.20.